The number of hydrogen-bond donors (Lipinski definition) is 1. The number of hydrogen-bond acceptors (Lipinski definition) is 3. The van der Waals surface area contributed by atoms with E-state index >= 15 is 0 Å². The lowest BCUT2D eigenvalue weighted by atomic mass is 10.2. The first-order chi connectivity index (χ1) is 6.72. The number of rotatable bonds is 6. The van der Waals surface area contributed by atoms with Crippen LogP contribution in [-0.2, 0) is 4.74 Å². The number of thiocarbonyl (C=S) groups is 1. The lowest BCUT2D eigenvalue weighted by Gasteiger charge is -2.24. The van der Waals surface area contributed by atoms with Crippen molar-refractivity contribution in [2.45, 2.75) is 33.3 Å². The van der Waals surface area contributed by atoms with Gasteiger partial charge in [0.1, 0.15) is 0 Å². The summed E-state index contributed by atoms with van der Waals surface area (Å²) in [6, 6.07) is 0. The Morgan fingerprint density at radius 1 is 1.47 bits per heavy atom. The van der Waals surface area contributed by atoms with Gasteiger partial charge < -0.3 is 15.4 Å². The number of likely N-dealkylation sites (N-methyl/N-ethyl adjacent to an activating group) is 1. The molecule has 0 heterocycles. The standard InChI is InChI=1S/C11H24N2OS/c1-9(10(12)15)8-13(5)6-7-14-11(2,3)4/h9H,6-8H2,1-5H3,(H2,12,15). The zero-order valence-corrected chi connectivity index (χ0v) is 11.4. The van der Waals surface area contributed by atoms with E-state index in [1.807, 2.05) is 6.92 Å². The minimum Gasteiger partial charge on any atom is -0.393 e. The van der Waals surface area contributed by atoms with Gasteiger partial charge in [0.25, 0.3) is 0 Å². The van der Waals surface area contributed by atoms with Crippen molar-refractivity contribution in [2.24, 2.45) is 11.7 Å². The molecule has 0 aliphatic heterocycles. The third-order valence-corrected chi connectivity index (χ3v) is 2.48. The molecule has 0 saturated heterocycles. The van der Waals surface area contributed by atoms with Crippen molar-refractivity contribution >= 4 is 17.2 Å². The van der Waals surface area contributed by atoms with Crippen molar-refractivity contribution in [3.05, 3.63) is 0 Å². The Kier molecular flexibility index (Phi) is 6.32. The third kappa shape index (κ3) is 8.78. The highest BCUT2D eigenvalue weighted by molar-refractivity contribution is 7.80. The molecule has 2 N–H and O–H groups in total. The van der Waals surface area contributed by atoms with Crippen LogP contribution in [0.4, 0.5) is 0 Å². The molecule has 1 atom stereocenters. The van der Waals surface area contributed by atoms with Gasteiger partial charge in [0.05, 0.1) is 17.2 Å². The summed E-state index contributed by atoms with van der Waals surface area (Å²) in [4.78, 5) is 2.77. The molecule has 0 aromatic heterocycles. The van der Waals surface area contributed by atoms with Gasteiger partial charge in [0.2, 0.25) is 0 Å². The average molecular weight is 232 g/mol. The van der Waals surface area contributed by atoms with Crippen molar-refractivity contribution in [1.82, 2.24) is 4.90 Å². The van der Waals surface area contributed by atoms with Gasteiger partial charge >= 0.3 is 0 Å². The van der Waals surface area contributed by atoms with Crippen molar-refractivity contribution in [3.8, 4) is 0 Å². The second-order valence-electron chi connectivity index (χ2n) is 5.03. The fraction of sp³-hybridized carbons (Fsp3) is 0.909. The smallest absolute Gasteiger partial charge is 0.0768 e. The van der Waals surface area contributed by atoms with Gasteiger partial charge in [-0.3, -0.25) is 0 Å². The van der Waals surface area contributed by atoms with Crippen LogP contribution < -0.4 is 5.73 Å². The van der Waals surface area contributed by atoms with Crippen LogP contribution >= 0.6 is 12.2 Å². The number of ether oxygens (including phenoxy) is 1. The van der Waals surface area contributed by atoms with Crippen LogP contribution in [0.2, 0.25) is 0 Å². The van der Waals surface area contributed by atoms with Crippen molar-refractivity contribution in [1.29, 1.82) is 0 Å². The first-order valence-electron chi connectivity index (χ1n) is 5.34. The van der Waals surface area contributed by atoms with E-state index in [-0.39, 0.29) is 11.5 Å². The highest BCUT2D eigenvalue weighted by atomic mass is 32.1. The molecule has 0 bridgehead atoms. The van der Waals surface area contributed by atoms with Crippen LogP contribution in [0.15, 0.2) is 0 Å². The molecule has 0 saturated carbocycles. The zero-order chi connectivity index (χ0) is 12.1. The fourth-order valence-corrected chi connectivity index (χ4v) is 1.23. The molecule has 90 valence electrons. The normalized spacial score (nSPS) is 14.3. The summed E-state index contributed by atoms with van der Waals surface area (Å²) in [5, 5.41) is 0. The van der Waals surface area contributed by atoms with Gasteiger partial charge in [-0.05, 0) is 27.8 Å². The number of nitrogens with zero attached hydrogens (tertiary/aromatic N) is 1. The van der Waals surface area contributed by atoms with Crippen LogP contribution in [-0.4, -0.2) is 42.2 Å². The fourth-order valence-electron chi connectivity index (χ4n) is 1.16. The molecule has 0 amide bonds. The summed E-state index contributed by atoms with van der Waals surface area (Å²) in [5.74, 6) is 0.264. The molecular formula is C11H24N2OS. The maximum absolute atomic E-state index is 5.64. The average Bonchev–Trinajstić information content (AvgIpc) is 2.01. The molecule has 15 heavy (non-hydrogen) atoms. The third-order valence-electron chi connectivity index (χ3n) is 2.08. The molecule has 1 unspecified atom stereocenters. The van der Waals surface area contributed by atoms with E-state index in [4.69, 9.17) is 22.7 Å². The predicted octanol–water partition coefficient (Wildman–Crippen LogP) is 1.66. The molecule has 0 aromatic rings. The van der Waals surface area contributed by atoms with E-state index in [0.717, 1.165) is 19.7 Å². The predicted molar refractivity (Wildman–Crippen MR) is 69.2 cm³/mol. The Labute approximate surface area is 99.0 Å². The minimum absolute atomic E-state index is 0.0599. The van der Waals surface area contributed by atoms with E-state index in [9.17, 15) is 0 Å². The molecular weight excluding hydrogens is 208 g/mol. The van der Waals surface area contributed by atoms with Crippen molar-refractivity contribution in [2.75, 3.05) is 26.7 Å². The lowest BCUT2D eigenvalue weighted by molar-refractivity contribution is -0.0111. The van der Waals surface area contributed by atoms with Crippen molar-refractivity contribution < 1.29 is 4.74 Å². The van der Waals surface area contributed by atoms with Crippen LogP contribution in [0, 0.1) is 5.92 Å². The SMILES string of the molecule is CC(CN(C)CCOC(C)(C)C)C(N)=S. The Morgan fingerprint density at radius 3 is 2.40 bits per heavy atom. The quantitative estimate of drug-likeness (QED) is 0.707. The van der Waals surface area contributed by atoms with Gasteiger partial charge in [-0.15, -0.1) is 0 Å². The lowest BCUT2D eigenvalue weighted by Crippen LogP contribution is -2.34. The highest BCUT2D eigenvalue weighted by Gasteiger charge is 2.12. The van der Waals surface area contributed by atoms with Gasteiger partial charge in [-0.2, -0.15) is 0 Å². The van der Waals surface area contributed by atoms with Gasteiger partial charge in [-0.1, -0.05) is 19.1 Å². The molecule has 0 fully saturated rings. The second kappa shape index (κ2) is 6.40. The Balaban J connectivity index is 3.67. The van der Waals surface area contributed by atoms with E-state index < -0.39 is 0 Å². The van der Waals surface area contributed by atoms with Crippen molar-refractivity contribution in [3.63, 3.8) is 0 Å². The van der Waals surface area contributed by atoms with Crippen LogP contribution in [0.25, 0.3) is 0 Å². The van der Waals surface area contributed by atoms with Crippen LogP contribution in [0.5, 0.6) is 0 Å². The molecule has 0 spiro atoms. The zero-order valence-electron chi connectivity index (χ0n) is 10.5. The topological polar surface area (TPSA) is 38.5 Å². The maximum Gasteiger partial charge on any atom is 0.0768 e. The first-order valence-corrected chi connectivity index (χ1v) is 5.75. The molecule has 0 aromatic carbocycles. The maximum atomic E-state index is 5.64. The summed E-state index contributed by atoms with van der Waals surface area (Å²) < 4.78 is 5.64. The molecule has 0 radical (unpaired) electrons. The molecule has 0 aliphatic rings. The summed E-state index contributed by atoms with van der Waals surface area (Å²) in [6.45, 7) is 10.8. The summed E-state index contributed by atoms with van der Waals surface area (Å²) in [7, 11) is 2.06. The van der Waals surface area contributed by atoms with Gasteiger partial charge in [0, 0.05) is 19.0 Å². The summed E-state index contributed by atoms with van der Waals surface area (Å²) in [5.41, 5.74) is 5.50. The Morgan fingerprint density at radius 2 is 2.00 bits per heavy atom. The molecule has 3 nitrogen and oxygen atoms in total. The van der Waals surface area contributed by atoms with E-state index in [0.29, 0.717) is 4.99 Å². The van der Waals surface area contributed by atoms with E-state index in [2.05, 4.69) is 32.7 Å². The minimum atomic E-state index is -0.0599. The van der Waals surface area contributed by atoms with E-state index in [1.165, 1.54) is 0 Å². The number of nitrogens with two attached hydrogens (primary N) is 1. The van der Waals surface area contributed by atoms with Gasteiger partial charge in [-0.25, -0.2) is 0 Å². The largest absolute Gasteiger partial charge is 0.393 e. The molecule has 0 rings (SSSR count). The summed E-state index contributed by atoms with van der Waals surface area (Å²) >= 11 is 4.93. The second-order valence-corrected chi connectivity index (χ2v) is 5.50. The monoisotopic (exact) mass is 232 g/mol. The first kappa shape index (κ1) is 14.8. The van der Waals surface area contributed by atoms with Crippen LogP contribution in [0.3, 0.4) is 0 Å². The molecule has 4 heteroatoms. The van der Waals surface area contributed by atoms with Gasteiger partial charge in [0.15, 0.2) is 0 Å². The summed E-state index contributed by atoms with van der Waals surface area (Å²) in [6.07, 6.45) is 0. The Hall–Kier alpha value is -0.190. The Bertz CT molecular complexity index is 201. The highest BCUT2D eigenvalue weighted by Crippen LogP contribution is 2.06. The van der Waals surface area contributed by atoms with E-state index in [1.54, 1.807) is 0 Å². The molecule has 0 aliphatic carbocycles. The van der Waals surface area contributed by atoms with Crippen LogP contribution in [0.1, 0.15) is 27.7 Å².